The van der Waals surface area contributed by atoms with Gasteiger partial charge < -0.3 is 15.4 Å². The largest absolute Gasteiger partial charge is 0.496 e. The van der Waals surface area contributed by atoms with E-state index in [1.165, 1.54) is 5.56 Å². The fourth-order valence-electron chi connectivity index (χ4n) is 2.51. The van der Waals surface area contributed by atoms with Gasteiger partial charge in [0, 0.05) is 19.1 Å². The minimum Gasteiger partial charge on any atom is -0.496 e. The first-order valence-electron chi connectivity index (χ1n) is 7.45. The summed E-state index contributed by atoms with van der Waals surface area (Å²) in [6, 6.07) is 6.47. The lowest BCUT2D eigenvalue weighted by Crippen LogP contribution is -2.35. The van der Waals surface area contributed by atoms with E-state index in [0.29, 0.717) is 6.54 Å². The third-order valence-corrected chi connectivity index (χ3v) is 4.30. The molecule has 1 rings (SSSR count). The molecule has 5 heteroatoms. The van der Waals surface area contributed by atoms with Crippen LogP contribution in [0.5, 0.6) is 5.75 Å². The van der Waals surface area contributed by atoms with Gasteiger partial charge in [-0.25, -0.2) is 0 Å². The second kappa shape index (κ2) is 9.41. The molecule has 0 heterocycles. The molecule has 1 aromatic rings. The van der Waals surface area contributed by atoms with Crippen molar-refractivity contribution in [1.82, 2.24) is 9.80 Å². The van der Waals surface area contributed by atoms with E-state index in [0.717, 1.165) is 36.3 Å². The number of rotatable bonds is 9. The van der Waals surface area contributed by atoms with Crippen LogP contribution in [0.3, 0.4) is 0 Å². The molecule has 1 unspecified atom stereocenters. The second-order valence-electron chi connectivity index (χ2n) is 5.43. The highest BCUT2D eigenvalue weighted by Gasteiger charge is 2.18. The molecular formula is C16H28BrN3O. The maximum atomic E-state index is 6.03. The van der Waals surface area contributed by atoms with Crippen molar-refractivity contribution in [2.45, 2.75) is 19.4 Å². The molecule has 4 nitrogen and oxygen atoms in total. The molecule has 0 aliphatic rings. The zero-order valence-electron chi connectivity index (χ0n) is 13.6. The summed E-state index contributed by atoms with van der Waals surface area (Å²) in [5, 5.41) is 0. The van der Waals surface area contributed by atoms with Crippen molar-refractivity contribution in [3.8, 4) is 5.75 Å². The van der Waals surface area contributed by atoms with Crippen LogP contribution in [0.4, 0.5) is 0 Å². The molecular weight excluding hydrogens is 330 g/mol. The molecule has 0 spiro atoms. The van der Waals surface area contributed by atoms with Gasteiger partial charge in [-0.3, -0.25) is 4.90 Å². The Hall–Kier alpha value is -0.620. The summed E-state index contributed by atoms with van der Waals surface area (Å²) in [6.07, 6.45) is 1.15. The van der Waals surface area contributed by atoms with Gasteiger partial charge in [-0.2, -0.15) is 0 Å². The first-order valence-corrected chi connectivity index (χ1v) is 8.25. The third kappa shape index (κ3) is 5.58. The summed E-state index contributed by atoms with van der Waals surface area (Å²) in [6.45, 7) is 5.96. The number of ether oxygens (including phenoxy) is 1. The van der Waals surface area contributed by atoms with Gasteiger partial charge in [-0.05, 0) is 67.2 Å². The van der Waals surface area contributed by atoms with Crippen molar-refractivity contribution in [3.63, 3.8) is 0 Å². The third-order valence-electron chi connectivity index (χ3n) is 3.68. The van der Waals surface area contributed by atoms with E-state index in [-0.39, 0.29) is 6.04 Å². The van der Waals surface area contributed by atoms with E-state index < -0.39 is 0 Å². The summed E-state index contributed by atoms with van der Waals surface area (Å²) in [5.74, 6) is 0.852. The van der Waals surface area contributed by atoms with Gasteiger partial charge >= 0.3 is 0 Å². The minimum atomic E-state index is 0.249. The molecule has 0 fully saturated rings. The number of hydrogen-bond acceptors (Lipinski definition) is 4. The van der Waals surface area contributed by atoms with E-state index in [1.54, 1.807) is 7.11 Å². The average molecular weight is 358 g/mol. The molecule has 1 atom stereocenters. The van der Waals surface area contributed by atoms with Crippen LogP contribution >= 0.6 is 15.9 Å². The van der Waals surface area contributed by atoms with Crippen LogP contribution in [0.2, 0.25) is 0 Å². The zero-order chi connectivity index (χ0) is 15.8. The van der Waals surface area contributed by atoms with Crippen molar-refractivity contribution in [2.75, 3.05) is 47.4 Å². The first-order chi connectivity index (χ1) is 10.0. The molecule has 0 radical (unpaired) electrons. The first kappa shape index (κ1) is 18.4. The highest BCUT2D eigenvalue weighted by Crippen LogP contribution is 2.30. The van der Waals surface area contributed by atoms with E-state index in [1.807, 2.05) is 6.07 Å². The van der Waals surface area contributed by atoms with Crippen molar-refractivity contribution in [1.29, 1.82) is 0 Å². The molecule has 2 N–H and O–H groups in total. The topological polar surface area (TPSA) is 41.7 Å². The monoisotopic (exact) mass is 357 g/mol. The lowest BCUT2D eigenvalue weighted by molar-refractivity contribution is 0.201. The van der Waals surface area contributed by atoms with Crippen LogP contribution in [0.15, 0.2) is 22.7 Å². The molecule has 0 saturated heterocycles. The van der Waals surface area contributed by atoms with Gasteiger partial charge in [0.1, 0.15) is 5.75 Å². The Kier molecular flexibility index (Phi) is 8.26. The summed E-state index contributed by atoms with van der Waals surface area (Å²) in [4.78, 5) is 4.66. The minimum absolute atomic E-state index is 0.249. The SMILES string of the molecule is CCN(CCCN(C)C)C(CN)c1ccc(OC)c(Br)c1. The molecule has 120 valence electrons. The zero-order valence-corrected chi connectivity index (χ0v) is 15.2. The number of benzene rings is 1. The van der Waals surface area contributed by atoms with E-state index in [9.17, 15) is 0 Å². The Bertz CT molecular complexity index is 426. The normalized spacial score (nSPS) is 13.0. The molecule has 0 aliphatic heterocycles. The molecule has 0 bridgehead atoms. The Morgan fingerprint density at radius 3 is 2.48 bits per heavy atom. The highest BCUT2D eigenvalue weighted by molar-refractivity contribution is 9.10. The van der Waals surface area contributed by atoms with Crippen LogP contribution in [-0.4, -0.2) is 57.2 Å². The standard InChI is InChI=1S/C16H28BrN3O/c1-5-20(10-6-9-19(2)3)15(12-18)13-7-8-16(21-4)14(17)11-13/h7-8,11,15H,5-6,9-10,12,18H2,1-4H3. The number of nitrogens with two attached hydrogens (primary N) is 1. The number of nitrogens with zero attached hydrogens (tertiary/aromatic N) is 2. The number of halogens is 1. The van der Waals surface area contributed by atoms with Crippen molar-refractivity contribution < 1.29 is 4.74 Å². The Morgan fingerprint density at radius 1 is 1.29 bits per heavy atom. The number of hydrogen-bond donors (Lipinski definition) is 1. The van der Waals surface area contributed by atoms with E-state index in [2.05, 4.69) is 58.9 Å². The molecule has 21 heavy (non-hydrogen) atoms. The maximum Gasteiger partial charge on any atom is 0.133 e. The van der Waals surface area contributed by atoms with Crippen LogP contribution in [0, 0.1) is 0 Å². The van der Waals surface area contributed by atoms with Gasteiger partial charge in [0.25, 0.3) is 0 Å². The highest BCUT2D eigenvalue weighted by atomic mass is 79.9. The van der Waals surface area contributed by atoms with Crippen LogP contribution in [0.1, 0.15) is 24.9 Å². The Balaban J connectivity index is 2.80. The Morgan fingerprint density at radius 2 is 2.00 bits per heavy atom. The lowest BCUT2D eigenvalue weighted by atomic mass is 10.0. The van der Waals surface area contributed by atoms with Crippen molar-refractivity contribution in [2.24, 2.45) is 5.73 Å². The smallest absolute Gasteiger partial charge is 0.133 e. The molecule has 0 aliphatic carbocycles. The fourth-order valence-corrected chi connectivity index (χ4v) is 3.07. The molecule has 0 saturated carbocycles. The van der Waals surface area contributed by atoms with Crippen LogP contribution < -0.4 is 10.5 Å². The van der Waals surface area contributed by atoms with E-state index >= 15 is 0 Å². The van der Waals surface area contributed by atoms with Crippen LogP contribution in [0.25, 0.3) is 0 Å². The van der Waals surface area contributed by atoms with E-state index in [4.69, 9.17) is 10.5 Å². The van der Waals surface area contributed by atoms with Gasteiger partial charge in [0.05, 0.1) is 11.6 Å². The molecule has 0 amide bonds. The second-order valence-corrected chi connectivity index (χ2v) is 6.29. The quantitative estimate of drug-likeness (QED) is 0.737. The van der Waals surface area contributed by atoms with Crippen LogP contribution in [-0.2, 0) is 0 Å². The molecule has 0 aromatic heterocycles. The Labute approximate surface area is 137 Å². The predicted octanol–water partition coefficient (Wildman–Crippen LogP) is 2.73. The van der Waals surface area contributed by atoms with Gasteiger partial charge in [-0.1, -0.05) is 13.0 Å². The van der Waals surface area contributed by atoms with Crippen molar-refractivity contribution in [3.05, 3.63) is 28.2 Å². The van der Waals surface area contributed by atoms with Gasteiger partial charge in [-0.15, -0.1) is 0 Å². The summed E-state index contributed by atoms with van der Waals surface area (Å²) in [7, 11) is 5.90. The number of methoxy groups -OCH3 is 1. The van der Waals surface area contributed by atoms with Gasteiger partial charge in [0.2, 0.25) is 0 Å². The lowest BCUT2D eigenvalue weighted by Gasteiger charge is -2.31. The predicted molar refractivity (Wildman–Crippen MR) is 92.9 cm³/mol. The fraction of sp³-hybridized carbons (Fsp3) is 0.625. The summed E-state index contributed by atoms with van der Waals surface area (Å²) >= 11 is 3.56. The number of likely N-dealkylation sites (N-methyl/N-ethyl adjacent to an activating group) is 1. The molecule has 1 aromatic carbocycles. The van der Waals surface area contributed by atoms with Gasteiger partial charge in [0.15, 0.2) is 0 Å². The maximum absolute atomic E-state index is 6.03. The average Bonchev–Trinajstić information content (AvgIpc) is 2.46. The summed E-state index contributed by atoms with van der Waals surface area (Å²) in [5.41, 5.74) is 7.27. The summed E-state index contributed by atoms with van der Waals surface area (Å²) < 4.78 is 6.27. The van der Waals surface area contributed by atoms with Crippen molar-refractivity contribution >= 4 is 15.9 Å².